The molecule has 0 radical (unpaired) electrons. The summed E-state index contributed by atoms with van der Waals surface area (Å²) >= 11 is 0. The lowest BCUT2D eigenvalue weighted by atomic mass is 10.2. The number of aromatic nitrogens is 2. The molecule has 0 bridgehead atoms. The molecule has 2 heterocycles. The van der Waals surface area contributed by atoms with E-state index in [1.165, 1.54) is 22.9 Å². The lowest BCUT2D eigenvalue weighted by Gasteiger charge is -2.20. The van der Waals surface area contributed by atoms with Gasteiger partial charge in [-0.3, -0.25) is 19.1 Å². The Morgan fingerprint density at radius 2 is 1.93 bits per heavy atom. The molecule has 1 aromatic heterocycles. The molecule has 0 spiro atoms. The number of carbonyl (C=O) groups excluding carboxylic acids is 3. The lowest BCUT2D eigenvalue weighted by Crippen LogP contribution is -2.39. The Morgan fingerprint density at radius 1 is 1.21 bits per heavy atom. The van der Waals surface area contributed by atoms with Gasteiger partial charge >= 0.3 is 0 Å². The van der Waals surface area contributed by atoms with Crippen molar-refractivity contribution in [3.05, 3.63) is 53.1 Å². The summed E-state index contributed by atoms with van der Waals surface area (Å²) in [5.41, 5.74) is 1.23. The van der Waals surface area contributed by atoms with Crippen LogP contribution in [0, 0.1) is 5.82 Å². The summed E-state index contributed by atoms with van der Waals surface area (Å²) in [6, 6.07) is 7.44. The number of rotatable bonds is 6. The number of carbonyl (C=O) groups is 3. The van der Waals surface area contributed by atoms with Gasteiger partial charge in [0, 0.05) is 31.7 Å². The number of nitrogens with one attached hydrogen (secondary N) is 2. The predicted octanol–water partition coefficient (Wildman–Crippen LogP) is 1.32. The number of amides is 3. The Hall–Kier alpha value is -3.23. The van der Waals surface area contributed by atoms with E-state index in [1.54, 1.807) is 17.0 Å². The molecular formula is C20H24FN5O3. The normalized spacial score (nSPS) is 13.8. The van der Waals surface area contributed by atoms with E-state index in [0.29, 0.717) is 31.7 Å². The SMILES string of the molecule is CC(C)NC(=O)CNC(=O)c1cc2n(n1)CCCN(Cc1ccc(F)cc1)C2=O. The van der Waals surface area contributed by atoms with Crippen LogP contribution in [0.3, 0.4) is 0 Å². The Morgan fingerprint density at radius 3 is 2.62 bits per heavy atom. The molecule has 1 aliphatic heterocycles. The topological polar surface area (TPSA) is 96.3 Å². The van der Waals surface area contributed by atoms with Crippen LogP contribution < -0.4 is 10.6 Å². The Labute approximate surface area is 168 Å². The molecule has 0 saturated heterocycles. The quantitative estimate of drug-likeness (QED) is 0.763. The number of benzene rings is 1. The highest BCUT2D eigenvalue weighted by Crippen LogP contribution is 2.17. The van der Waals surface area contributed by atoms with E-state index in [9.17, 15) is 18.8 Å². The zero-order valence-electron chi connectivity index (χ0n) is 16.4. The minimum absolute atomic E-state index is 0.0206. The van der Waals surface area contributed by atoms with E-state index in [4.69, 9.17) is 0 Å². The molecule has 8 nitrogen and oxygen atoms in total. The molecule has 2 N–H and O–H groups in total. The van der Waals surface area contributed by atoms with Gasteiger partial charge in [0.15, 0.2) is 5.69 Å². The molecule has 1 aliphatic rings. The molecule has 0 aliphatic carbocycles. The maximum Gasteiger partial charge on any atom is 0.272 e. The van der Waals surface area contributed by atoms with Gasteiger partial charge in [0.25, 0.3) is 11.8 Å². The fraction of sp³-hybridized carbons (Fsp3) is 0.400. The molecular weight excluding hydrogens is 377 g/mol. The first-order valence-electron chi connectivity index (χ1n) is 9.52. The molecule has 0 unspecified atom stereocenters. The minimum Gasteiger partial charge on any atom is -0.352 e. The maximum absolute atomic E-state index is 13.1. The molecule has 29 heavy (non-hydrogen) atoms. The van der Waals surface area contributed by atoms with Crippen molar-refractivity contribution in [3.8, 4) is 0 Å². The number of aryl methyl sites for hydroxylation is 1. The summed E-state index contributed by atoms with van der Waals surface area (Å²) in [4.78, 5) is 38.6. The average Bonchev–Trinajstić information content (AvgIpc) is 3.04. The fourth-order valence-electron chi connectivity index (χ4n) is 3.13. The smallest absolute Gasteiger partial charge is 0.272 e. The van der Waals surface area contributed by atoms with Gasteiger partial charge in [-0.05, 0) is 38.0 Å². The molecule has 2 aromatic rings. The molecule has 0 saturated carbocycles. The second kappa shape index (κ2) is 8.85. The van der Waals surface area contributed by atoms with Crippen LogP contribution in [-0.2, 0) is 17.9 Å². The molecule has 154 valence electrons. The first-order chi connectivity index (χ1) is 13.8. The summed E-state index contributed by atoms with van der Waals surface area (Å²) < 4.78 is 14.6. The summed E-state index contributed by atoms with van der Waals surface area (Å²) in [5.74, 6) is -1.37. The molecule has 1 aromatic carbocycles. The minimum atomic E-state index is -0.512. The van der Waals surface area contributed by atoms with E-state index in [2.05, 4.69) is 15.7 Å². The molecule has 3 rings (SSSR count). The van der Waals surface area contributed by atoms with Crippen LogP contribution in [0.15, 0.2) is 30.3 Å². The van der Waals surface area contributed by atoms with Crippen molar-refractivity contribution in [2.45, 2.75) is 39.4 Å². The summed E-state index contributed by atoms with van der Waals surface area (Å²) in [7, 11) is 0. The van der Waals surface area contributed by atoms with Crippen molar-refractivity contribution >= 4 is 17.7 Å². The average molecular weight is 401 g/mol. The largest absolute Gasteiger partial charge is 0.352 e. The van der Waals surface area contributed by atoms with Gasteiger partial charge in [-0.1, -0.05) is 12.1 Å². The zero-order chi connectivity index (χ0) is 21.0. The van der Waals surface area contributed by atoms with Crippen LogP contribution >= 0.6 is 0 Å². The van der Waals surface area contributed by atoms with E-state index >= 15 is 0 Å². The Kier molecular flexibility index (Phi) is 6.26. The van der Waals surface area contributed by atoms with E-state index < -0.39 is 5.91 Å². The number of hydrogen-bond donors (Lipinski definition) is 2. The maximum atomic E-state index is 13.1. The van der Waals surface area contributed by atoms with Gasteiger partial charge in [-0.25, -0.2) is 4.39 Å². The first kappa shape index (κ1) is 20.5. The van der Waals surface area contributed by atoms with Crippen LogP contribution in [0.5, 0.6) is 0 Å². The number of hydrogen-bond acceptors (Lipinski definition) is 4. The van der Waals surface area contributed by atoms with Crippen LogP contribution in [0.1, 0.15) is 46.8 Å². The summed E-state index contributed by atoms with van der Waals surface area (Å²) in [5, 5.41) is 9.42. The third-order valence-electron chi connectivity index (χ3n) is 4.46. The molecule has 3 amide bonds. The zero-order valence-corrected chi connectivity index (χ0v) is 16.4. The highest BCUT2D eigenvalue weighted by Gasteiger charge is 2.26. The molecule has 0 atom stereocenters. The number of nitrogens with zero attached hydrogens (tertiary/aromatic N) is 3. The molecule has 9 heteroatoms. The van der Waals surface area contributed by atoms with Crippen molar-refractivity contribution in [1.29, 1.82) is 0 Å². The highest BCUT2D eigenvalue weighted by molar-refractivity contribution is 5.99. The van der Waals surface area contributed by atoms with Crippen LogP contribution in [0.2, 0.25) is 0 Å². The van der Waals surface area contributed by atoms with Crippen LogP contribution in [0.25, 0.3) is 0 Å². The van der Waals surface area contributed by atoms with Gasteiger partial charge in [-0.15, -0.1) is 0 Å². The van der Waals surface area contributed by atoms with Crippen molar-refractivity contribution in [2.75, 3.05) is 13.1 Å². The van der Waals surface area contributed by atoms with E-state index in [1.807, 2.05) is 13.8 Å². The van der Waals surface area contributed by atoms with Crippen molar-refractivity contribution in [3.63, 3.8) is 0 Å². The van der Waals surface area contributed by atoms with Gasteiger partial charge < -0.3 is 15.5 Å². The Balaban J connectivity index is 1.68. The lowest BCUT2D eigenvalue weighted by molar-refractivity contribution is -0.120. The van der Waals surface area contributed by atoms with E-state index in [-0.39, 0.29) is 35.9 Å². The second-order valence-corrected chi connectivity index (χ2v) is 7.25. The third kappa shape index (κ3) is 5.18. The predicted molar refractivity (Wildman–Crippen MR) is 104 cm³/mol. The number of fused-ring (bicyclic) bond motifs is 1. The molecule has 0 fully saturated rings. The van der Waals surface area contributed by atoms with Gasteiger partial charge in [0.05, 0.1) is 6.54 Å². The standard InChI is InChI=1S/C20H24FN5O3/c1-13(2)23-18(27)11-22-19(28)16-10-17-20(29)25(8-3-9-26(17)24-16)12-14-4-6-15(21)7-5-14/h4-7,10,13H,3,8-9,11-12H2,1-2H3,(H,22,28)(H,23,27). The van der Waals surface area contributed by atoms with E-state index in [0.717, 1.165) is 5.56 Å². The van der Waals surface area contributed by atoms with Crippen molar-refractivity contribution < 1.29 is 18.8 Å². The van der Waals surface area contributed by atoms with Crippen molar-refractivity contribution in [1.82, 2.24) is 25.3 Å². The fourth-order valence-corrected chi connectivity index (χ4v) is 3.13. The monoisotopic (exact) mass is 401 g/mol. The number of halogens is 1. The van der Waals surface area contributed by atoms with Crippen molar-refractivity contribution in [2.24, 2.45) is 0 Å². The first-order valence-corrected chi connectivity index (χ1v) is 9.52. The third-order valence-corrected chi connectivity index (χ3v) is 4.46. The van der Waals surface area contributed by atoms with Crippen LogP contribution in [-0.4, -0.2) is 51.5 Å². The van der Waals surface area contributed by atoms with Gasteiger partial charge in [0.1, 0.15) is 11.5 Å². The Bertz CT molecular complexity index is 907. The van der Waals surface area contributed by atoms with Gasteiger partial charge in [-0.2, -0.15) is 5.10 Å². The van der Waals surface area contributed by atoms with Crippen LogP contribution in [0.4, 0.5) is 4.39 Å². The van der Waals surface area contributed by atoms with Gasteiger partial charge in [0.2, 0.25) is 5.91 Å². The summed E-state index contributed by atoms with van der Waals surface area (Å²) in [6.45, 7) is 4.88. The highest BCUT2D eigenvalue weighted by atomic mass is 19.1. The second-order valence-electron chi connectivity index (χ2n) is 7.25. The summed E-state index contributed by atoms with van der Waals surface area (Å²) in [6.07, 6.45) is 0.680.